The zero-order valence-electron chi connectivity index (χ0n) is 9.70. The molecule has 0 aromatic heterocycles. The number of hydrogen-bond donors (Lipinski definition) is 1. The van der Waals surface area contributed by atoms with E-state index in [4.69, 9.17) is 22.0 Å². The van der Waals surface area contributed by atoms with Gasteiger partial charge in [0.15, 0.2) is 5.75 Å². The molecular formula is C9H8O8S2. The lowest BCUT2D eigenvalue weighted by molar-refractivity contribution is -0.139. The molecule has 1 aromatic rings. The van der Waals surface area contributed by atoms with Crippen molar-refractivity contribution in [1.82, 2.24) is 0 Å². The van der Waals surface area contributed by atoms with E-state index in [1.165, 1.54) is 0 Å². The lowest BCUT2D eigenvalue weighted by Crippen LogP contribution is -2.01. The molecule has 19 heavy (non-hydrogen) atoms. The van der Waals surface area contributed by atoms with E-state index in [1.54, 1.807) is 13.8 Å². The first-order valence-electron chi connectivity index (χ1n) is 5.15. The van der Waals surface area contributed by atoms with Crippen molar-refractivity contribution in [3.63, 3.8) is 0 Å². The Labute approximate surface area is 112 Å². The summed E-state index contributed by atoms with van der Waals surface area (Å²) in [7, 11) is 0. The van der Waals surface area contributed by atoms with E-state index in [-0.39, 0.29) is 34.7 Å². The highest BCUT2D eigenvalue weighted by Gasteiger charge is 2.42. The summed E-state index contributed by atoms with van der Waals surface area (Å²) in [5.41, 5.74) is 0.379. The minimum Gasteiger partial charge on any atom is -0.366 e. The van der Waals surface area contributed by atoms with Gasteiger partial charge in [0.2, 0.25) is 23.0 Å². The van der Waals surface area contributed by atoms with Crippen molar-refractivity contribution in [2.24, 2.45) is 0 Å². The molecule has 1 N–H and O–H groups in total. The summed E-state index contributed by atoms with van der Waals surface area (Å²) >= 11 is -4.11. The van der Waals surface area contributed by atoms with Crippen LogP contribution in [0.15, 0.2) is 0 Å². The van der Waals surface area contributed by atoms with Gasteiger partial charge in [0.1, 0.15) is 0 Å². The van der Waals surface area contributed by atoms with Crippen LogP contribution in [0.1, 0.15) is 25.3 Å². The highest BCUT2D eigenvalue weighted by molar-refractivity contribution is 7.76. The van der Waals surface area contributed by atoms with Gasteiger partial charge in [0, 0.05) is 0 Å². The van der Waals surface area contributed by atoms with Gasteiger partial charge in [0.25, 0.3) is 0 Å². The molecule has 2 unspecified atom stereocenters. The maximum absolute atomic E-state index is 11.3. The molecule has 0 spiro atoms. The summed E-state index contributed by atoms with van der Waals surface area (Å²) in [6.07, 6.45) is 0. The summed E-state index contributed by atoms with van der Waals surface area (Å²) in [6.45, 7) is 3.59. The maximum Gasteiger partial charge on any atom is 0.418 e. The average Bonchev–Trinajstić information content (AvgIpc) is 2.88. The highest BCUT2D eigenvalue weighted by Crippen LogP contribution is 2.60. The number of fused-ring (bicyclic) bond motifs is 3. The van der Waals surface area contributed by atoms with Crippen molar-refractivity contribution < 1.29 is 35.3 Å². The Balaban J connectivity index is 2.33. The van der Waals surface area contributed by atoms with Crippen molar-refractivity contribution >= 4 is 22.7 Å². The van der Waals surface area contributed by atoms with Crippen LogP contribution in [0.5, 0.6) is 28.7 Å². The Kier molecular flexibility index (Phi) is 2.80. The molecule has 2 heterocycles. The van der Waals surface area contributed by atoms with E-state index in [0.29, 0.717) is 5.56 Å². The smallest absolute Gasteiger partial charge is 0.366 e. The minimum absolute atomic E-state index is 0.0173. The van der Waals surface area contributed by atoms with Crippen LogP contribution < -0.4 is 21.6 Å². The molecule has 0 saturated carbocycles. The molecular weight excluding hydrogens is 300 g/mol. The average molecular weight is 308 g/mol. The van der Waals surface area contributed by atoms with Gasteiger partial charge in [-0.2, -0.15) is 8.42 Å². The van der Waals surface area contributed by atoms with E-state index >= 15 is 0 Å². The van der Waals surface area contributed by atoms with Gasteiger partial charge < -0.3 is 21.6 Å². The Morgan fingerprint density at radius 1 is 0.947 bits per heavy atom. The van der Waals surface area contributed by atoms with Gasteiger partial charge in [0.05, 0.1) is 5.56 Å². The molecule has 104 valence electrons. The SMILES string of the molecule is CC(C)c1c(OO)c2c(c3c1OS(=O)O3)OS(=O)O2. The molecule has 2 aliphatic rings. The Morgan fingerprint density at radius 2 is 1.42 bits per heavy atom. The lowest BCUT2D eigenvalue weighted by Gasteiger charge is -2.13. The van der Waals surface area contributed by atoms with Gasteiger partial charge in [-0.05, 0) is 5.92 Å². The van der Waals surface area contributed by atoms with Crippen molar-refractivity contribution in [3.05, 3.63) is 5.56 Å². The summed E-state index contributed by atoms with van der Waals surface area (Å²) in [5.74, 6) is -0.296. The van der Waals surface area contributed by atoms with Crippen LogP contribution in [-0.2, 0) is 22.7 Å². The zero-order chi connectivity index (χ0) is 13.7. The first-order chi connectivity index (χ1) is 9.02. The fourth-order valence-electron chi connectivity index (χ4n) is 1.89. The standard InChI is InChI=1S/C9H8O8S2/c1-3(2)4-5(13-10)7-9(17-19(12)15-7)8-6(4)14-18(11)16-8/h3,10H,1-2H3. The second-order valence-electron chi connectivity index (χ2n) is 4.05. The molecule has 1 aromatic carbocycles. The van der Waals surface area contributed by atoms with Gasteiger partial charge >= 0.3 is 22.7 Å². The van der Waals surface area contributed by atoms with E-state index in [2.05, 4.69) is 4.89 Å². The molecule has 0 aliphatic carbocycles. The monoisotopic (exact) mass is 308 g/mol. The third-order valence-electron chi connectivity index (χ3n) is 2.59. The van der Waals surface area contributed by atoms with Crippen molar-refractivity contribution in [2.45, 2.75) is 19.8 Å². The summed E-state index contributed by atoms with van der Waals surface area (Å²) in [5, 5.41) is 9.01. The summed E-state index contributed by atoms with van der Waals surface area (Å²) in [6, 6.07) is 0. The molecule has 2 aliphatic heterocycles. The minimum atomic E-state index is -2.08. The van der Waals surface area contributed by atoms with E-state index in [0.717, 1.165) is 0 Å². The van der Waals surface area contributed by atoms with Gasteiger partial charge in [-0.15, -0.1) is 0 Å². The van der Waals surface area contributed by atoms with Crippen LogP contribution in [0.25, 0.3) is 0 Å². The van der Waals surface area contributed by atoms with Crippen LogP contribution in [-0.4, -0.2) is 13.7 Å². The molecule has 0 amide bonds. The highest BCUT2D eigenvalue weighted by atomic mass is 32.2. The fraction of sp³-hybridized carbons (Fsp3) is 0.333. The predicted molar refractivity (Wildman–Crippen MR) is 62.6 cm³/mol. The van der Waals surface area contributed by atoms with Gasteiger partial charge in [-0.1, -0.05) is 13.8 Å². The van der Waals surface area contributed by atoms with Gasteiger partial charge in [-0.3, -0.25) is 0 Å². The van der Waals surface area contributed by atoms with Crippen LogP contribution in [0, 0.1) is 0 Å². The predicted octanol–water partition coefficient (Wildman–Crippen LogP) is 1.36. The third-order valence-corrected chi connectivity index (χ3v) is 3.80. The number of rotatable bonds is 2. The molecule has 0 fully saturated rings. The van der Waals surface area contributed by atoms with E-state index < -0.39 is 22.7 Å². The van der Waals surface area contributed by atoms with Crippen molar-refractivity contribution in [2.75, 3.05) is 0 Å². The number of hydrogen-bond acceptors (Lipinski definition) is 8. The molecule has 10 heteroatoms. The van der Waals surface area contributed by atoms with Crippen molar-refractivity contribution in [3.8, 4) is 28.7 Å². The number of benzene rings is 1. The largest absolute Gasteiger partial charge is 0.418 e. The Morgan fingerprint density at radius 3 is 1.95 bits per heavy atom. The van der Waals surface area contributed by atoms with Crippen LogP contribution in [0.3, 0.4) is 0 Å². The molecule has 0 bridgehead atoms. The lowest BCUT2D eigenvalue weighted by atomic mass is 9.99. The van der Waals surface area contributed by atoms with E-state index in [9.17, 15) is 8.42 Å². The quantitative estimate of drug-likeness (QED) is 0.645. The molecule has 3 rings (SSSR count). The topological polar surface area (TPSA) is 101 Å². The van der Waals surface area contributed by atoms with Crippen molar-refractivity contribution in [1.29, 1.82) is 0 Å². The first kappa shape index (κ1) is 12.5. The normalized spacial score (nSPS) is 22.9. The Bertz CT molecular complexity index is 611. The Hall–Kier alpha value is -1.52. The summed E-state index contributed by atoms with van der Waals surface area (Å²) in [4.78, 5) is 4.28. The second kappa shape index (κ2) is 4.25. The van der Waals surface area contributed by atoms with E-state index in [1.807, 2.05) is 0 Å². The molecule has 8 nitrogen and oxygen atoms in total. The fourth-order valence-corrected chi connectivity index (χ4v) is 3.12. The van der Waals surface area contributed by atoms with Gasteiger partial charge in [-0.25, -0.2) is 5.26 Å². The molecule has 0 saturated heterocycles. The zero-order valence-corrected chi connectivity index (χ0v) is 11.3. The van der Waals surface area contributed by atoms with Crippen LogP contribution in [0.2, 0.25) is 0 Å². The molecule has 0 radical (unpaired) electrons. The maximum atomic E-state index is 11.3. The molecule has 2 atom stereocenters. The second-order valence-corrected chi connectivity index (χ2v) is 5.53. The summed E-state index contributed by atoms with van der Waals surface area (Å²) < 4.78 is 42.4. The first-order valence-corrected chi connectivity index (χ1v) is 7.15. The van der Waals surface area contributed by atoms with Crippen LogP contribution >= 0.6 is 0 Å². The van der Waals surface area contributed by atoms with Crippen LogP contribution in [0.4, 0.5) is 0 Å². The third kappa shape index (κ3) is 1.75.